The van der Waals surface area contributed by atoms with Crippen LogP contribution in [0.3, 0.4) is 0 Å². The van der Waals surface area contributed by atoms with Crippen LogP contribution in [-0.2, 0) is 0 Å². The van der Waals surface area contributed by atoms with Gasteiger partial charge in [0, 0.05) is 6.04 Å². The minimum Gasteiger partial charge on any atom is -0.297 e. The Kier molecular flexibility index (Phi) is 3.10. The number of aryl methyl sites for hydroxylation is 1. The second-order valence-electron chi connectivity index (χ2n) is 6.32. The van der Waals surface area contributed by atoms with E-state index >= 15 is 0 Å². The Morgan fingerprint density at radius 3 is 2.48 bits per heavy atom. The van der Waals surface area contributed by atoms with E-state index in [4.69, 9.17) is 11.6 Å². The van der Waals surface area contributed by atoms with E-state index in [-0.39, 0.29) is 22.2 Å². The smallest absolute Gasteiger partial charge is 0.297 e. The summed E-state index contributed by atoms with van der Waals surface area (Å²) in [6.45, 7) is 6.01. The number of nitrogens with zero attached hydrogens (tertiary/aromatic N) is 1. The van der Waals surface area contributed by atoms with Crippen LogP contribution < -0.4 is 11.2 Å². The van der Waals surface area contributed by atoms with E-state index in [9.17, 15) is 9.59 Å². The molecule has 1 N–H and O–H groups in total. The van der Waals surface area contributed by atoms with Crippen molar-refractivity contribution in [2.24, 2.45) is 5.41 Å². The zero-order valence-corrected chi connectivity index (χ0v) is 13.0. The van der Waals surface area contributed by atoms with Gasteiger partial charge in [0.2, 0.25) is 0 Å². The first-order valence-corrected chi connectivity index (χ1v) is 7.31. The summed E-state index contributed by atoms with van der Waals surface area (Å²) in [5.41, 5.74) is 1.32. The molecule has 0 bridgehead atoms. The number of hydrogen-bond donors (Lipinski definition) is 1. The van der Waals surface area contributed by atoms with Crippen molar-refractivity contribution >= 4 is 11.6 Å². The highest BCUT2D eigenvalue weighted by Gasteiger charge is 2.48. The maximum Gasteiger partial charge on any atom is 0.329 e. The molecule has 1 fully saturated rings. The Bertz CT molecular complexity index is 833. The van der Waals surface area contributed by atoms with Crippen LogP contribution in [0.25, 0.3) is 11.1 Å². The van der Waals surface area contributed by atoms with Crippen molar-refractivity contribution < 1.29 is 0 Å². The third-order valence-electron chi connectivity index (χ3n) is 4.28. The number of halogens is 1. The van der Waals surface area contributed by atoms with Crippen molar-refractivity contribution in [2.75, 3.05) is 0 Å². The third kappa shape index (κ3) is 2.23. The SMILES string of the molecule is Cc1ccccc1-c1c(Cl)[nH]c(=O)n(C2CC2(C)C)c1=O. The first-order valence-electron chi connectivity index (χ1n) is 6.93. The minimum atomic E-state index is -0.432. The van der Waals surface area contributed by atoms with Crippen LogP contribution in [-0.4, -0.2) is 9.55 Å². The molecule has 1 aliphatic rings. The molecule has 0 spiro atoms. The molecule has 4 nitrogen and oxygen atoms in total. The second-order valence-corrected chi connectivity index (χ2v) is 6.70. The molecule has 21 heavy (non-hydrogen) atoms. The molecule has 1 saturated carbocycles. The lowest BCUT2D eigenvalue weighted by Crippen LogP contribution is -2.36. The summed E-state index contributed by atoms with van der Waals surface area (Å²) in [6, 6.07) is 7.46. The molecule has 1 unspecified atom stereocenters. The summed E-state index contributed by atoms with van der Waals surface area (Å²) < 4.78 is 1.31. The predicted octanol–water partition coefficient (Wildman–Crippen LogP) is 3.14. The summed E-state index contributed by atoms with van der Waals surface area (Å²) in [5.74, 6) is 0. The van der Waals surface area contributed by atoms with Crippen LogP contribution in [0, 0.1) is 12.3 Å². The number of rotatable bonds is 2. The number of H-pyrrole nitrogens is 1. The fourth-order valence-electron chi connectivity index (χ4n) is 2.77. The largest absolute Gasteiger partial charge is 0.329 e. The Morgan fingerprint density at radius 1 is 1.29 bits per heavy atom. The average molecular weight is 305 g/mol. The molecule has 2 aromatic rings. The molecule has 1 aliphatic carbocycles. The number of hydrogen-bond acceptors (Lipinski definition) is 2. The molecule has 3 rings (SSSR count). The normalized spacial score (nSPS) is 19.5. The molecule has 110 valence electrons. The maximum absolute atomic E-state index is 12.8. The van der Waals surface area contributed by atoms with Gasteiger partial charge in [0.15, 0.2) is 0 Å². The molecular formula is C16H17ClN2O2. The predicted molar refractivity (Wildman–Crippen MR) is 83.9 cm³/mol. The zero-order valence-electron chi connectivity index (χ0n) is 12.2. The standard InChI is InChI=1S/C16H17ClN2O2/c1-9-6-4-5-7-10(9)12-13(17)18-15(21)19(14(12)20)11-8-16(11,2)3/h4-7,11H,8H2,1-3H3,(H,18,21). The third-order valence-corrected chi connectivity index (χ3v) is 4.56. The van der Waals surface area contributed by atoms with Crippen LogP contribution in [0.5, 0.6) is 0 Å². The highest BCUT2D eigenvalue weighted by Crippen LogP contribution is 2.54. The summed E-state index contributed by atoms with van der Waals surface area (Å²) in [5, 5.41) is 0.106. The number of benzene rings is 1. The Hall–Kier alpha value is -1.81. The highest BCUT2D eigenvalue weighted by molar-refractivity contribution is 6.32. The molecule has 5 heteroatoms. The lowest BCUT2D eigenvalue weighted by molar-refractivity contribution is 0.514. The molecule has 1 heterocycles. The van der Waals surface area contributed by atoms with Gasteiger partial charge >= 0.3 is 5.69 Å². The lowest BCUT2D eigenvalue weighted by Gasteiger charge is -2.12. The highest BCUT2D eigenvalue weighted by atomic mass is 35.5. The minimum absolute atomic E-state index is 0.0202. The van der Waals surface area contributed by atoms with Gasteiger partial charge < -0.3 is 0 Å². The van der Waals surface area contributed by atoms with Crippen LogP contribution in [0.2, 0.25) is 5.15 Å². The second kappa shape index (κ2) is 4.60. The van der Waals surface area contributed by atoms with Gasteiger partial charge in [-0.25, -0.2) is 4.79 Å². The topological polar surface area (TPSA) is 54.9 Å². The average Bonchev–Trinajstić information content (AvgIpc) is 2.99. The van der Waals surface area contributed by atoms with Crippen LogP contribution in [0.1, 0.15) is 31.9 Å². The van der Waals surface area contributed by atoms with E-state index in [1.807, 2.05) is 45.0 Å². The van der Waals surface area contributed by atoms with Crippen molar-refractivity contribution in [2.45, 2.75) is 33.2 Å². The van der Waals surface area contributed by atoms with E-state index in [0.717, 1.165) is 17.5 Å². The quantitative estimate of drug-likeness (QED) is 0.867. The van der Waals surface area contributed by atoms with E-state index in [2.05, 4.69) is 4.98 Å². The number of aromatic amines is 1. The molecule has 0 radical (unpaired) electrons. The van der Waals surface area contributed by atoms with Gasteiger partial charge in [-0.15, -0.1) is 0 Å². The molecule has 1 atom stereocenters. The van der Waals surface area contributed by atoms with Gasteiger partial charge in [0.1, 0.15) is 5.15 Å². The lowest BCUT2D eigenvalue weighted by atomic mass is 10.0. The van der Waals surface area contributed by atoms with Gasteiger partial charge in [-0.1, -0.05) is 49.7 Å². The Labute approximate surface area is 127 Å². The van der Waals surface area contributed by atoms with Crippen molar-refractivity contribution in [3.63, 3.8) is 0 Å². The van der Waals surface area contributed by atoms with Crippen LogP contribution in [0.4, 0.5) is 0 Å². The molecular weight excluding hydrogens is 288 g/mol. The van der Waals surface area contributed by atoms with E-state index in [1.165, 1.54) is 4.57 Å². The van der Waals surface area contributed by atoms with E-state index in [0.29, 0.717) is 5.56 Å². The first kappa shape index (κ1) is 14.1. The van der Waals surface area contributed by atoms with E-state index < -0.39 is 5.69 Å². The summed E-state index contributed by atoms with van der Waals surface area (Å²) in [6.07, 6.45) is 0.824. The van der Waals surface area contributed by atoms with Gasteiger partial charge in [-0.05, 0) is 29.9 Å². The molecule has 0 amide bonds. The van der Waals surface area contributed by atoms with Crippen molar-refractivity contribution in [1.29, 1.82) is 0 Å². The number of nitrogens with one attached hydrogen (secondary N) is 1. The molecule has 0 aliphatic heterocycles. The van der Waals surface area contributed by atoms with Gasteiger partial charge in [-0.2, -0.15) is 0 Å². The van der Waals surface area contributed by atoms with Crippen molar-refractivity contribution in [3.05, 3.63) is 55.8 Å². The Morgan fingerprint density at radius 2 is 1.90 bits per heavy atom. The summed E-state index contributed by atoms with van der Waals surface area (Å²) in [4.78, 5) is 27.5. The number of aromatic nitrogens is 2. The van der Waals surface area contributed by atoms with Gasteiger partial charge in [-0.3, -0.25) is 14.3 Å². The van der Waals surface area contributed by atoms with E-state index in [1.54, 1.807) is 0 Å². The fourth-order valence-corrected chi connectivity index (χ4v) is 3.04. The monoisotopic (exact) mass is 304 g/mol. The van der Waals surface area contributed by atoms with Crippen LogP contribution in [0.15, 0.2) is 33.9 Å². The van der Waals surface area contributed by atoms with Gasteiger partial charge in [0.05, 0.1) is 5.56 Å². The molecule has 1 aromatic carbocycles. The fraction of sp³-hybridized carbons (Fsp3) is 0.375. The van der Waals surface area contributed by atoms with Crippen molar-refractivity contribution in [3.8, 4) is 11.1 Å². The first-order chi connectivity index (χ1) is 9.83. The summed E-state index contributed by atoms with van der Waals surface area (Å²) in [7, 11) is 0. The Balaban J connectivity index is 2.29. The maximum atomic E-state index is 12.8. The molecule has 1 aromatic heterocycles. The van der Waals surface area contributed by atoms with Crippen LogP contribution >= 0.6 is 11.6 Å². The molecule has 0 saturated heterocycles. The van der Waals surface area contributed by atoms with Crippen molar-refractivity contribution in [1.82, 2.24) is 9.55 Å². The zero-order chi connectivity index (χ0) is 15.4. The summed E-state index contributed by atoms with van der Waals surface area (Å²) >= 11 is 6.14. The van der Waals surface area contributed by atoms with Gasteiger partial charge in [0.25, 0.3) is 5.56 Å².